The fourth-order valence-electron chi connectivity index (χ4n) is 3.57. The smallest absolute Gasteiger partial charge is 0.330 e. The summed E-state index contributed by atoms with van der Waals surface area (Å²) in [4.78, 5) is 17.2. The molecule has 0 amide bonds. The Kier molecular flexibility index (Phi) is 4.01. The number of hydrogen-bond acceptors (Lipinski definition) is 3. The topological polar surface area (TPSA) is 60.1 Å². The number of hydrogen-bond donors (Lipinski definition) is 1. The molecule has 1 aromatic carbocycles. The maximum absolute atomic E-state index is 13.3. The molecule has 0 radical (unpaired) electrons. The Hall–Kier alpha value is -2.54. The molecule has 0 spiro atoms. The minimum atomic E-state index is -2.68. The second-order valence-corrected chi connectivity index (χ2v) is 8.24. The van der Waals surface area contributed by atoms with E-state index in [4.69, 9.17) is 0 Å². The zero-order valence-corrected chi connectivity index (χ0v) is 16.3. The number of aliphatic hydroxyl groups is 1. The molecule has 148 valence electrons. The van der Waals surface area contributed by atoms with Crippen molar-refractivity contribution in [2.24, 2.45) is 13.0 Å². The van der Waals surface area contributed by atoms with Gasteiger partial charge in [0.15, 0.2) is 5.65 Å². The van der Waals surface area contributed by atoms with Crippen molar-refractivity contribution in [1.82, 2.24) is 14.1 Å². The van der Waals surface area contributed by atoms with Crippen LogP contribution in [0.5, 0.6) is 0 Å². The third-order valence-corrected chi connectivity index (χ3v) is 5.56. The Morgan fingerprint density at radius 2 is 1.96 bits per heavy atom. The summed E-state index contributed by atoms with van der Waals surface area (Å²) in [6.07, 6.45) is -0.176. The molecule has 5 nitrogen and oxygen atoms in total. The summed E-state index contributed by atoms with van der Waals surface area (Å²) in [5.74, 6) is -3.47. The van der Waals surface area contributed by atoms with Crippen LogP contribution in [0.25, 0.3) is 22.4 Å². The molecule has 1 saturated carbocycles. The number of halogens is 2. The first-order chi connectivity index (χ1) is 13.0. The second-order valence-electron chi connectivity index (χ2n) is 8.24. The molecule has 0 bridgehead atoms. The lowest BCUT2D eigenvalue weighted by Gasteiger charge is -2.19. The fraction of sp³-hybridized carbons (Fsp3) is 0.429. The van der Waals surface area contributed by atoms with Gasteiger partial charge in [-0.2, -0.15) is 0 Å². The molecule has 4 rings (SSSR count). The van der Waals surface area contributed by atoms with Crippen LogP contribution in [-0.2, 0) is 19.2 Å². The third-order valence-electron chi connectivity index (χ3n) is 5.56. The molecule has 1 aliphatic rings. The molecule has 1 atom stereocenters. The summed E-state index contributed by atoms with van der Waals surface area (Å²) in [6.45, 7) is 5.39. The van der Waals surface area contributed by atoms with Gasteiger partial charge in [-0.15, -0.1) is 0 Å². The van der Waals surface area contributed by atoms with Gasteiger partial charge in [0.05, 0.1) is 16.8 Å². The fourth-order valence-corrected chi connectivity index (χ4v) is 3.57. The number of aryl methyl sites for hydroxylation is 2. The molecule has 1 unspecified atom stereocenters. The van der Waals surface area contributed by atoms with Gasteiger partial charge in [0.1, 0.15) is 0 Å². The van der Waals surface area contributed by atoms with E-state index in [0.29, 0.717) is 16.9 Å². The van der Waals surface area contributed by atoms with Gasteiger partial charge in [-0.25, -0.2) is 18.6 Å². The number of benzene rings is 1. The maximum atomic E-state index is 13.3. The third kappa shape index (κ3) is 3.03. The van der Waals surface area contributed by atoms with E-state index in [1.54, 1.807) is 33.0 Å². The molecular formula is C21H23F2N3O2. The number of nitrogens with zero attached hydrogens (tertiary/aromatic N) is 3. The van der Waals surface area contributed by atoms with Gasteiger partial charge < -0.3 is 5.11 Å². The summed E-state index contributed by atoms with van der Waals surface area (Å²) >= 11 is 0. The van der Waals surface area contributed by atoms with E-state index >= 15 is 0 Å². The molecule has 1 fully saturated rings. The zero-order chi connectivity index (χ0) is 20.4. The van der Waals surface area contributed by atoms with Crippen molar-refractivity contribution in [2.45, 2.75) is 45.3 Å². The Balaban J connectivity index is 1.82. The molecule has 2 aromatic heterocycles. The largest absolute Gasteiger partial charge is 0.386 e. The van der Waals surface area contributed by atoms with E-state index in [2.05, 4.69) is 4.98 Å². The molecule has 28 heavy (non-hydrogen) atoms. The predicted octanol–water partition coefficient (Wildman–Crippen LogP) is 3.59. The monoisotopic (exact) mass is 387 g/mol. The van der Waals surface area contributed by atoms with Crippen molar-refractivity contribution in [1.29, 1.82) is 0 Å². The highest BCUT2D eigenvalue weighted by atomic mass is 19.3. The van der Waals surface area contributed by atoms with E-state index in [1.807, 2.05) is 25.1 Å². The van der Waals surface area contributed by atoms with Crippen LogP contribution in [0, 0.1) is 12.8 Å². The minimum Gasteiger partial charge on any atom is -0.386 e. The number of rotatable bonds is 4. The Labute approximate surface area is 161 Å². The van der Waals surface area contributed by atoms with Gasteiger partial charge >= 0.3 is 5.69 Å². The minimum absolute atomic E-state index is 0.00256. The van der Waals surface area contributed by atoms with Gasteiger partial charge in [-0.3, -0.25) is 9.13 Å². The number of imidazole rings is 1. The van der Waals surface area contributed by atoms with Crippen molar-refractivity contribution in [3.8, 4) is 11.3 Å². The molecule has 0 aliphatic heterocycles. The Bertz CT molecular complexity index is 1140. The number of fused-ring (bicyclic) bond motifs is 1. The van der Waals surface area contributed by atoms with Crippen LogP contribution < -0.4 is 5.69 Å². The number of aromatic nitrogens is 3. The zero-order valence-electron chi connectivity index (χ0n) is 16.3. The first-order valence-corrected chi connectivity index (χ1v) is 9.27. The molecular weight excluding hydrogens is 364 g/mol. The van der Waals surface area contributed by atoms with Crippen LogP contribution in [0.3, 0.4) is 0 Å². The van der Waals surface area contributed by atoms with Crippen molar-refractivity contribution < 1.29 is 13.9 Å². The lowest BCUT2D eigenvalue weighted by Crippen LogP contribution is -2.23. The van der Waals surface area contributed by atoms with Crippen LogP contribution in [0.4, 0.5) is 8.78 Å². The average molecular weight is 387 g/mol. The van der Waals surface area contributed by atoms with Crippen LogP contribution in [0.2, 0.25) is 0 Å². The Morgan fingerprint density at radius 1 is 1.29 bits per heavy atom. The van der Waals surface area contributed by atoms with E-state index < -0.39 is 17.4 Å². The summed E-state index contributed by atoms with van der Waals surface area (Å²) in [6, 6.07) is 9.24. The van der Waals surface area contributed by atoms with Crippen molar-refractivity contribution in [3.63, 3.8) is 0 Å². The highest BCUT2D eigenvalue weighted by Gasteiger charge is 2.57. The Morgan fingerprint density at radius 3 is 2.57 bits per heavy atom. The van der Waals surface area contributed by atoms with E-state index in [0.717, 1.165) is 16.7 Å². The van der Waals surface area contributed by atoms with Crippen molar-refractivity contribution in [3.05, 3.63) is 51.9 Å². The molecule has 1 aliphatic carbocycles. The van der Waals surface area contributed by atoms with Crippen LogP contribution in [0.15, 0.2) is 35.1 Å². The summed E-state index contributed by atoms with van der Waals surface area (Å²) in [5.41, 5.74) is 2.95. The van der Waals surface area contributed by atoms with Gasteiger partial charge in [-0.1, -0.05) is 12.1 Å². The molecule has 7 heteroatoms. The predicted molar refractivity (Wildman–Crippen MR) is 103 cm³/mol. The molecule has 1 N–H and O–H groups in total. The highest BCUT2D eigenvalue weighted by Crippen LogP contribution is 2.49. The number of pyridine rings is 1. The SMILES string of the molecule is Cc1ccc(C(C)(C)O)cc1-c1ccc2c(n1)n(C)c(=O)n2CC1CC1(F)F. The summed E-state index contributed by atoms with van der Waals surface area (Å²) < 4.78 is 29.4. The second kappa shape index (κ2) is 5.98. The quantitative estimate of drug-likeness (QED) is 0.744. The van der Waals surface area contributed by atoms with E-state index in [9.17, 15) is 18.7 Å². The first-order valence-electron chi connectivity index (χ1n) is 9.27. The maximum Gasteiger partial charge on any atom is 0.330 e. The summed E-state index contributed by atoms with van der Waals surface area (Å²) in [7, 11) is 1.60. The summed E-state index contributed by atoms with van der Waals surface area (Å²) in [5, 5.41) is 10.3. The van der Waals surface area contributed by atoms with Gasteiger partial charge in [-0.05, 0) is 50.1 Å². The average Bonchev–Trinajstić information content (AvgIpc) is 3.16. The van der Waals surface area contributed by atoms with E-state index in [1.165, 1.54) is 9.13 Å². The van der Waals surface area contributed by atoms with Crippen LogP contribution >= 0.6 is 0 Å². The molecule has 2 heterocycles. The molecule has 3 aromatic rings. The van der Waals surface area contributed by atoms with E-state index in [-0.39, 0.29) is 18.7 Å². The first kappa shape index (κ1) is 18.8. The lowest BCUT2D eigenvalue weighted by atomic mass is 9.93. The number of alkyl halides is 2. The normalized spacial score (nSPS) is 18.6. The van der Waals surface area contributed by atoms with Crippen LogP contribution in [-0.4, -0.2) is 25.1 Å². The van der Waals surface area contributed by atoms with Gasteiger partial charge in [0.25, 0.3) is 5.92 Å². The van der Waals surface area contributed by atoms with Crippen molar-refractivity contribution in [2.75, 3.05) is 0 Å². The highest BCUT2D eigenvalue weighted by molar-refractivity contribution is 5.77. The van der Waals surface area contributed by atoms with Gasteiger partial charge in [0.2, 0.25) is 0 Å². The van der Waals surface area contributed by atoms with Crippen molar-refractivity contribution >= 4 is 11.2 Å². The lowest BCUT2D eigenvalue weighted by molar-refractivity contribution is 0.0786. The standard InChI is InChI=1S/C21H23F2N3O2/c1-12-5-6-13(20(2,3)28)9-15(12)16-7-8-17-18(24-16)25(4)19(27)26(17)11-14-10-21(14,22)23/h5-9,14,28H,10-11H2,1-4H3. The van der Waals surface area contributed by atoms with Gasteiger partial charge in [0, 0.05) is 31.5 Å². The van der Waals surface area contributed by atoms with Crippen LogP contribution in [0.1, 0.15) is 31.4 Å². The molecule has 0 saturated heterocycles.